The minimum atomic E-state index is -0.313. The van der Waals surface area contributed by atoms with E-state index in [1.807, 2.05) is 50.3 Å². The van der Waals surface area contributed by atoms with Gasteiger partial charge in [-0.25, -0.2) is 5.01 Å². The fraction of sp³-hybridized carbons (Fsp3) is 0.185. The van der Waals surface area contributed by atoms with Crippen molar-refractivity contribution in [2.45, 2.75) is 33.7 Å². The van der Waals surface area contributed by atoms with Crippen LogP contribution < -0.4 is 5.43 Å². The normalized spacial score (nSPS) is 11.0. The molecule has 0 spiro atoms. The van der Waals surface area contributed by atoms with Gasteiger partial charge in [0, 0.05) is 17.7 Å². The zero-order valence-corrected chi connectivity index (χ0v) is 18.4. The quantitative estimate of drug-likeness (QED) is 0.440. The molecule has 0 radical (unpaired) electrons. The van der Waals surface area contributed by atoms with Crippen LogP contribution in [0.2, 0.25) is 0 Å². The molecule has 3 aromatic carbocycles. The van der Waals surface area contributed by atoms with Crippen molar-refractivity contribution >= 4 is 17.9 Å². The molecule has 0 aliphatic rings. The second-order valence-electron chi connectivity index (χ2n) is 7.78. The van der Waals surface area contributed by atoms with Crippen molar-refractivity contribution in [1.82, 2.24) is 10.4 Å². The van der Waals surface area contributed by atoms with Crippen molar-refractivity contribution < 1.29 is 9.59 Å². The number of rotatable bonds is 5. The van der Waals surface area contributed by atoms with Crippen LogP contribution in [0.1, 0.15) is 40.9 Å². The van der Waals surface area contributed by atoms with Gasteiger partial charge in [-0.3, -0.25) is 15.0 Å². The van der Waals surface area contributed by atoms with E-state index in [1.54, 1.807) is 24.3 Å². The Hall–Kier alpha value is -3.66. The van der Waals surface area contributed by atoms with Crippen LogP contribution in [-0.2, 0) is 4.79 Å². The maximum Gasteiger partial charge on any atom is 0.269 e. The number of amides is 2. The number of carbonyl (C=O) groups excluding carboxylic acids is 2. The Balaban J connectivity index is 1.84. The third kappa shape index (κ3) is 5.28. The Bertz CT molecular complexity index is 1100. The minimum absolute atomic E-state index is 0.195. The summed E-state index contributed by atoms with van der Waals surface area (Å²) in [4.78, 5) is 25.4. The van der Waals surface area contributed by atoms with Gasteiger partial charge >= 0.3 is 0 Å². The summed E-state index contributed by atoms with van der Waals surface area (Å²) >= 11 is 0. The highest BCUT2D eigenvalue weighted by molar-refractivity contribution is 5.98. The molecule has 0 bridgehead atoms. The lowest BCUT2D eigenvalue weighted by molar-refractivity contribution is -0.130. The topological polar surface area (TPSA) is 49.4 Å². The van der Waals surface area contributed by atoms with Gasteiger partial charge < -0.3 is 0 Å². The zero-order valence-electron chi connectivity index (χ0n) is 18.4. The lowest BCUT2D eigenvalue weighted by Gasteiger charge is -2.26. The fourth-order valence-electron chi connectivity index (χ4n) is 3.37. The molecule has 0 unspecified atom stereocenters. The van der Waals surface area contributed by atoms with Gasteiger partial charge in [-0.2, -0.15) is 0 Å². The predicted octanol–water partition coefficient (Wildman–Crippen LogP) is 5.57. The summed E-state index contributed by atoms with van der Waals surface area (Å²) in [5, 5.41) is 1.35. The molecule has 2 amide bonds. The monoisotopic (exact) mass is 412 g/mol. The molecular formula is C27H28N2O2. The largest absolute Gasteiger partial charge is 0.269 e. The second kappa shape index (κ2) is 9.90. The van der Waals surface area contributed by atoms with Gasteiger partial charge in [-0.15, -0.1) is 0 Å². The molecule has 4 nitrogen and oxygen atoms in total. The van der Waals surface area contributed by atoms with Crippen molar-refractivity contribution in [1.29, 1.82) is 0 Å². The lowest BCUT2D eigenvalue weighted by atomic mass is 9.93. The molecule has 3 aromatic rings. The average molecular weight is 413 g/mol. The first kappa shape index (κ1) is 22.0. The molecule has 158 valence electrons. The predicted molar refractivity (Wildman–Crippen MR) is 126 cm³/mol. The van der Waals surface area contributed by atoms with Gasteiger partial charge in [-0.05, 0) is 73.7 Å². The molecule has 0 aromatic heterocycles. The lowest BCUT2D eigenvalue weighted by Crippen LogP contribution is -2.49. The number of hydrazine groups is 1. The van der Waals surface area contributed by atoms with Gasteiger partial charge in [0.1, 0.15) is 0 Å². The molecule has 0 heterocycles. The van der Waals surface area contributed by atoms with Gasteiger partial charge in [0.15, 0.2) is 0 Å². The van der Waals surface area contributed by atoms with E-state index in [1.165, 1.54) is 22.2 Å². The first-order chi connectivity index (χ1) is 14.9. The van der Waals surface area contributed by atoms with Crippen LogP contribution in [0.5, 0.6) is 0 Å². The molecule has 31 heavy (non-hydrogen) atoms. The fourth-order valence-corrected chi connectivity index (χ4v) is 3.37. The van der Waals surface area contributed by atoms with E-state index in [2.05, 4.69) is 37.5 Å². The Morgan fingerprint density at radius 3 is 2.19 bits per heavy atom. The number of carbonyl (C=O) groups is 2. The van der Waals surface area contributed by atoms with Crippen LogP contribution >= 0.6 is 0 Å². The van der Waals surface area contributed by atoms with E-state index < -0.39 is 0 Å². The van der Waals surface area contributed by atoms with Crippen LogP contribution in [0.25, 0.3) is 17.2 Å². The minimum Gasteiger partial charge on any atom is -0.268 e. The molecule has 1 N–H and O–H groups in total. The van der Waals surface area contributed by atoms with Crippen LogP contribution in [0.15, 0.2) is 78.9 Å². The maximum absolute atomic E-state index is 12.9. The standard InChI is InChI=1S/C27H28N2O2/c1-19(2)29(28-27(31)23-13-6-5-7-14-23)26(30)18-17-22-12-8-9-15-25(22)24-16-10-11-20(3)21(24)4/h5-19H,1-4H3,(H,28,31). The van der Waals surface area contributed by atoms with Crippen LogP contribution in [-0.4, -0.2) is 22.9 Å². The summed E-state index contributed by atoms with van der Waals surface area (Å²) < 4.78 is 0. The molecule has 0 atom stereocenters. The SMILES string of the molecule is Cc1cccc(-c2ccccc2C=CC(=O)N(NC(=O)c2ccccc2)C(C)C)c1C. The van der Waals surface area contributed by atoms with Crippen LogP contribution in [0.3, 0.4) is 0 Å². The molecule has 0 saturated carbocycles. The number of nitrogens with one attached hydrogen (secondary N) is 1. The molecule has 0 fully saturated rings. The molecule has 4 heteroatoms. The summed E-state index contributed by atoms with van der Waals surface area (Å²) in [5.74, 6) is -0.595. The molecule has 3 rings (SSSR count). The second-order valence-corrected chi connectivity index (χ2v) is 7.78. The Labute approximate surface area is 184 Å². The maximum atomic E-state index is 12.9. The summed E-state index contributed by atoms with van der Waals surface area (Å²) in [6, 6.07) is 22.9. The number of hydrogen-bond acceptors (Lipinski definition) is 2. The Kier molecular flexibility index (Phi) is 7.03. The first-order valence-corrected chi connectivity index (χ1v) is 10.4. The summed E-state index contributed by atoms with van der Waals surface area (Å²) in [5.41, 5.74) is 8.83. The van der Waals surface area contributed by atoms with Gasteiger partial charge in [-0.1, -0.05) is 60.7 Å². The van der Waals surface area contributed by atoms with Crippen molar-refractivity contribution in [2.75, 3.05) is 0 Å². The highest BCUT2D eigenvalue weighted by atomic mass is 16.2. The third-order valence-electron chi connectivity index (χ3n) is 5.27. The van der Waals surface area contributed by atoms with Crippen molar-refractivity contribution in [3.8, 4) is 11.1 Å². The molecule has 0 aliphatic heterocycles. The zero-order chi connectivity index (χ0) is 22.4. The Morgan fingerprint density at radius 1 is 0.839 bits per heavy atom. The highest BCUT2D eigenvalue weighted by Gasteiger charge is 2.18. The highest BCUT2D eigenvalue weighted by Crippen LogP contribution is 2.29. The number of aryl methyl sites for hydroxylation is 1. The van der Waals surface area contributed by atoms with E-state index in [9.17, 15) is 9.59 Å². The smallest absolute Gasteiger partial charge is 0.268 e. The summed E-state index contributed by atoms with van der Waals surface area (Å²) in [6.45, 7) is 7.93. The van der Waals surface area contributed by atoms with E-state index >= 15 is 0 Å². The van der Waals surface area contributed by atoms with Crippen LogP contribution in [0.4, 0.5) is 0 Å². The Morgan fingerprint density at radius 2 is 1.48 bits per heavy atom. The molecule has 0 saturated heterocycles. The molecule has 0 aliphatic carbocycles. The van der Waals surface area contributed by atoms with Crippen LogP contribution in [0, 0.1) is 13.8 Å². The third-order valence-corrected chi connectivity index (χ3v) is 5.27. The van der Waals surface area contributed by atoms with Gasteiger partial charge in [0.25, 0.3) is 11.8 Å². The van der Waals surface area contributed by atoms with E-state index in [0.29, 0.717) is 5.56 Å². The number of hydrogen-bond donors (Lipinski definition) is 1. The van der Waals surface area contributed by atoms with Gasteiger partial charge in [0.2, 0.25) is 0 Å². The van der Waals surface area contributed by atoms with E-state index in [0.717, 1.165) is 16.7 Å². The number of benzene rings is 3. The number of nitrogens with zero attached hydrogens (tertiary/aromatic N) is 1. The first-order valence-electron chi connectivity index (χ1n) is 10.4. The average Bonchev–Trinajstić information content (AvgIpc) is 2.78. The van der Waals surface area contributed by atoms with E-state index in [-0.39, 0.29) is 17.9 Å². The van der Waals surface area contributed by atoms with Gasteiger partial charge in [0.05, 0.1) is 0 Å². The van der Waals surface area contributed by atoms with Crippen molar-refractivity contribution in [2.24, 2.45) is 0 Å². The van der Waals surface area contributed by atoms with Crippen molar-refractivity contribution in [3.05, 3.63) is 101 Å². The van der Waals surface area contributed by atoms with Crippen molar-refractivity contribution in [3.63, 3.8) is 0 Å². The molecular weight excluding hydrogens is 384 g/mol. The summed E-state index contributed by atoms with van der Waals surface area (Å²) in [7, 11) is 0. The summed E-state index contributed by atoms with van der Waals surface area (Å²) in [6.07, 6.45) is 3.32. The van der Waals surface area contributed by atoms with E-state index in [4.69, 9.17) is 0 Å².